The molecule has 178 valence electrons. The van der Waals surface area contributed by atoms with Crippen molar-refractivity contribution in [1.29, 1.82) is 0 Å². The normalized spacial score (nSPS) is 11.2. The summed E-state index contributed by atoms with van der Waals surface area (Å²) in [5.41, 5.74) is 1.73. The lowest BCUT2D eigenvalue weighted by Crippen LogP contribution is -2.00. The Morgan fingerprint density at radius 2 is 1.42 bits per heavy atom. The van der Waals surface area contributed by atoms with Crippen LogP contribution in [0.4, 0.5) is 0 Å². The lowest BCUT2D eigenvalue weighted by molar-refractivity contribution is 0.451. The van der Waals surface area contributed by atoms with Gasteiger partial charge < -0.3 is 29.6 Å². The average Bonchev–Trinajstić information content (AvgIpc) is 2.83. The lowest BCUT2D eigenvalue weighted by Gasteiger charge is -2.10. The molecule has 4 aromatic carbocycles. The summed E-state index contributed by atoms with van der Waals surface area (Å²) >= 11 is 0. The molecule has 0 unspecified atom stereocenters. The van der Waals surface area contributed by atoms with E-state index in [2.05, 4.69) is 0 Å². The molecule has 0 aliphatic carbocycles. The van der Waals surface area contributed by atoms with Gasteiger partial charge in [0.1, 0.15) is 51.2 Å². The Morgan fingerprint density at radius 1 is 0.667 bits per heavy atom. The number of phenols is 4. The molecular weight excluding hydrogens is 460 g/mol. The highest BCUT2D eigenvalue weighted by molar-refractivity contribution is 5.86. The third-order valence-electron chi connectivity index (χ3n) is 5.42. The summed E-state index contributed by atoms with van der Waals surface area (Å²) in [5.74, 6) is 0.686. The molecule has 1 aromatic heterocycles. The van der Waals surface area contributed by atoms with E-state index in [1.54, 1.807) is 60.7 Å². The Kier molecular flexibility index (Phi) is 5.80. The molecule has 7 heteroatoms. The minimum Gasteiger partial charge on any atom is -0.508 e. The molecule has 0 fully saturated rings. The first-order valence-electron chi connectivity index (χ1n) is 10.9. The summed E-state index contributed by atoms with van der Waals surface area (Å²) in [7, 11) is 0. The van der Waals surface area contributed by atoms with Crippen LogP contribution in [0, 0.1) is 0 Å². The molecule has 0 atom stereocenters. The van der Waals surface area contributed by atoms with E-state index in [0.717, 1.165) is 11.6 Å². The largest absolute Gasteiger partial charge is 0.508 e. The molecule has 4 N–H and O–H groups in total. The predicted octanol–water partition coefficient (Wildman–Crippen LogP) is 6.25. The minimum absolute atomic E-state index is 0.0170. The zero-order valence-corrected chi connectivity index (χ0v) is 18.8. The maximum absolute atomic E-state index is 12.6. The second-order valence-corrected chi connectivity index (χ2v) is 8.13. The van der Waals surface area contributed by atoms with Crippen LogP contribution in [0.3, 0.4) is 0 Å². The van der Waals surface area contributed by atoms with Gasteiger partial charge in [-0.05, 0) is 47.5 Å². The SMILES string of the molecule is O=c1cc(-c2cccc(Oc3cc(O)cc(/C=C/c4ccc(O)cc4)c3)c2)oc2cc(O)cc(O)c12. The van der Waals surface area contributed by atoms with Crippen molar-refractivity contribution in [2.45, 2.75) is 0 Å². The van der Waals surface area contributed by atoms with Crippen LogP contribution in [0.1, 0.15) is 11.1 Å². The van der Waals surface area contributed by atoms with Gasteiger partial charge in [-0.2, -0.15) is 0 Å². The van der Waals surface area contributed by atoms with Gasteiger partial charge in [0.2, 0.25) is 0 Å². The number of phenolic OH excluding ortho intramolecular Hbond substituents is 4. The molecule has 1 heterocycles. The molecule has 0 saturated heterocycles. The quantitative estimate of drug-likeness (QED) is 0.220. The van der Waals surface area contributed by atoms with Crippen molar-refractivity contribution in [3.05, 3.63) is 106 Å². The molecule has 0 spiro atoms. The summed E-state index contributed by atoms with van der Waals surface area (Å²) in [6.07, 6.45) is 3.65. The van der Waals surface area contributed by atoms with Gasteiger partial charge in [0.05, 0.1) is 0 Å². The van der Waals surface area contributed by atoms with E-state index in [0.29, 0.717) is 22.6 Å². The number of aromatic hydroxyl groups is 4. The fourth-order valence-corrected chi connectivity index (χ4v) is 3.78. The Labute approximate surface area is 205 Å². The Balaban J connectivity index is 1.43. The summed E-state index contributed by atoms with van der Waals surface area (Å²) in [6.45, 7) is 0. The first-order valence-corrected chi connectivity index (χ1v) is 10.9. The van der Waals surface area contributed by atoms with Crippen LogP contribution in [-0.2, 0) is 0 Å². The van der Waals surface area contributed by atoms with Crippen molar-refractivity contribution in [3.63, 3.8) is 0 Å². The van der Waals surface area contributed by atoms with Gasteiger partial charge >= 0.3 is 0 Å². The number of fused-ring (bicyclic) bond motifs is 1. The van der Waals surface area contributed by atoms with E-state index in [-0.39, 0.29) is 39.7 Å². The van der Waals surface area contributed by atoms with Crippen LogP contribution < -0.4 is 10.2 Å². The molecule has 0 amide bonds. The smallest absolute Gasteiger partial charge is 0.197 e. The Bertz CT molecular complexity index is 1660. The standard InChI is InChI=1S/C29H20O7/c30-20-8-6-17(7-9-20)4-5-18-10-21(31)13-24(11-18)35-23-3-1-2-19(12-23)27-16-26(34)29-25(33)14-22(32)15-28(29)36-27/h1-16,30-33H/b5-4+. The molecule has 36 heavy (non-hydrogen) atoms. The average molecular weight is 480 g/mol. The van der Waals surface area contributed by atoms with Crippen LogP contribution in [0.15, 0.2) is 94.1 Å². The highest BCUT2D eigenvalue weighted by Gasteiger charge is 2.13. The lowest BCUT2D eigenvalue weighted by atomic mass is 10.1. The van der Waals surface area contributed by atoms with Gasteiger partial charge in [0, 0.05) is 29.8 Å². The molecule has 0 radical (unpaired) electrons. The zero-order chi connectivity index (χ0) is 25.2. The number of rotatable bonds is 5. The first-order chi connectivity index (χ1) is 17.3. The zero-order valence-electron chi connectivity index (χ0n) is 18.8. The molecule has 0 aliphatic heterocycles. The van der Waals surface area contributed by atoms with Crippen molar-refractivity contribution in [2.24, 2.45) is 0 Å². The summed E-state index contributed by atoms with van der Waals surface area (Å²) < 4.78 is 11.7. The number of ether oxygens (including phenoxy) is 1. The van der Waals surface area contributed by atoms with Crippen molar-refractivity contribution in [3.8, 4) is 45.8 Å². The molecule has 7 nitrogen and oxygen atoms in total. The third-order valence-corrected chi connectivity index (χ3v) is 5.42. The van der Waals surface area contributed by atoms with Crippen LogP contribution >= 0.6 is 0 Å². The van der Waals surface area contributed by atoms with Crippen LogP contribution in [0.5, 0.6) is 34.5 Å². The first kappa shape index (κ1) is 22.6. The van der Waals surface area contributed by atoms with Gasteiger partial charge in [-0.3, -0.25) is 4.79 Å². The summed E-state index contributed by atoms with van der Waals surface area (Å²) in [4.78, 5) is 12.6. The fraction of sp³-hybridized carbons (Fsp3) is 0. The van der Waals surface area contributed by atoms with Crippen molar-refractivity contribution in [2.75, 3.05) is 0 Å². The predicted molar refractivity (Wildman–Crippen MR) is 136 cm³/mol. The second-order valence-electron chi connectivity index (χ2n) is 8.13. The topological polar surface area (TPSA) is 120 Å². The van der Waals surface area contributed by atoms with E-state index >= 15 is 0 Å². The van der Waals surface area contributed by atoms with Crippen LogP contribution in [0.25, 0.3) is 34.4 Å². The van der Waals surface area contributed by atoms with Crippen LogP contribution in [-0.4, -0.2) is 20.4 Å². The second kappa shape index (κ2) is 9.23. The molecule has 0 saturated carbocycles. The minimum atomic E-state index is -0.451. The van der Waals surface area contributed by atoms with E-state index in [9.17, 15) is 25.2 Å². The van der Waals surface area contributed by atoms with Gasteiger partial charge in [-0.15, -0.1) is 0 Å². The van der Waals surface area contributed by atoms with Crippen LogP contribution in [0.2, 0.25) is 0 Å². The Hall–Kier alpha value is -5.17. The fourth-order valence-electron chi connectivity index (χ4n) is 3.78. The van der Waals surface area contributed by atoms with E-state index in [4.69, 9.17) is 9.15 Å². The van der Waals surface area contributed by atoms with E-state index in [1.165, 1.54) is 18.2 Å². The maximum atomic E-state index is 12.6. The molecule has 5 aromatic rings. The highest BCUT2D eigenvalue weighted by atomic mass is 16.5. The molecular formula is C29H20O7. The molecule has 5 rings (SSSR count). The Morgan fingerprint density at radius 3 is 2.22 bits per heavy atom. The molecule has 0 bridgehead atoms. The van der Waals surface area contributed by atoms with Gasteiger partial charge in [0.25, 0.3) is 0 Å². The number of hydrogen-bond acceptors (Lipinski definition) is 7. The highest BCUT2D eigenvalue weighted by Crippen LogP contribution is 2.33. The van der Waals surface area contributed by atoms with Gasteiger partial charge in [-0.25, -0.2) is 0 Å². The van der Waals surface area contributed by atoms with E-state index < -0.39 is 5.43 Å². The van der Waals surface area contributed by atoms with Gasteiger partial charge in [-0.1, -0.05) is 36.4 Å². The van der Waals surface area contributed by atoms with E-state index in [1.807, 2.05) is 12.2 Å². The summed E-state index contributed by atoms with van der Waals surface area (Å²) in [6, 6.07) is 22.0. The molecule has 0 aliphatic rings. The summed E-state index contributed by atoms with van der Waals surface area (Å²) in [5, 5.41) is 39.3. The maximum Gasteiger partial charge on any atom is 0.197 e. The monoisotopic (exact) mass is 480 g/mol. The van der Waals surface area contributed by atoms with Crippen molar-refractivity contribution >= 4 is 23.1 Å². The number of benzene rings is 4. The third kappa shape index (κ3) is 4.85. The van der Waals surface area contributed by atoms with Gasteiger partial charge in [0.15, 0.2) is 5.43 Å². The van der Waals surface area contributed by atoms with Crippen molar-refractivity contribution < 1.29 is 29.6 Å². The van der Waals surface area contributed by atoms with Crippen molar-refractivity contribution in [1.82, 2.24) is 0 Å². The number of hydrogen-bond donors (Lipinski definition) is 4.